The molecule has 164 valence electrons. The first kappa shape index (κ1) is 21.0. The van der Waals surface area contributed by atoms with Gasteiger partial charge < -0.3 is 15.5 Å². The predicted octanol–water partition coefficient (Wildman–Crippen LogP) is 2.17. The van der Waals surface area contributed by atoms with Crippen LogP contribution >= 0.6 is 0 Å². The van der Waals surface area contributed by atoms with Gasteiger partial charge in [0.15, 0.2) is 5.78 Å². The van der Waals surface area contributed by atoms with Crippen LogP contribution in [0, 0.1) is 5.82 Å². The molecule has 9 heteroatoms. The molecule has 2 aliphatic rings. The Bertz CT molecular complexity index is 988. The molecule has 2 N–H and O–H groups in total. The van der Waals surface area contributed by atoms with E-state index >= 15 is 0 Å². The van der Waals surface area contributed by atoms with Crippen molar-refractivity contribution in [1.29, 1.82) is 0 Å². The number of carbonyl (C=O) groups excluding carboxylic acids is 3. The van der Waals surface area contributed by atoms with Crippen LogP contribution in [0.15, 0.2) is 30.5 Å². The number of nitrogens with two attached hydrogens (primary N) is 1. The SMILES string of the molecule is Nc1c(C(=O)[C@@H]2CCCN2C(=O)CCCN2CCCC2=O)cnn1-c1ccc(F)cc1. The molecule has 31 heavy (non-hydrogen) atoms. The quantitative estimate of drug-likeness (QED) is 0.683. The van der Waals surface area contributed by atoms with Gasteiger partial charge in [0.2, 0.25) is 11.8 Å². The summed E-state index contributed by atoms with van der Waals surface area (Å²) in [6.07, 6.45) is 5.09. The molecule has 2 aliphatic heterocycles. The van der Waals surface area contributed by atoms with Gasteiger partial charge in [-0.2, -0.15) is 5.10 Å². The summed E-state index contributed by atoms with van der Waals surface area (Å²) >= 11 is 0. The lowest BCUT2D eigenvalue weighted by molar-refractivity contribution is -0.132. The van der Waals surface area contributed by atoms with Gasteiger partial charge in [0, 0.05) is 32.5 Å². The lowest BCUT2D eigenvalue weighted by Gasteiger charge is -2.24. The maximum absolute atomic E-state index is 13.2. The first-order chi connectivity index (χ1) is 15.0. The molecule has 0 saturated carbocycles. The van der Waals surface area contributed by atoms with Crippen LogP contribution in [-0.4, -0.2) is 62.9 Å². The highest BCUT2D eigenvalue weighted by Crippen LogP contribution is 2.26. The number of nitrogen functional groups attached to an aromatic ring is 1. The van der Waals surface area contributed by atoms with E-state index in [9.17, 15) is 18.8 Å². The van der Waals surface area contributed by atoms with Gasteiger partial charge in [-0.3, -0.25) is 14.4 Å². The third-order valence-corrected chi connectivity index (χ3v) is 6.01. The molecule has 0 radical (unpaired) electrons. The number of ketones is 1. The molecule has 2 saturated heterocycles. The van der Waals surface area contributed by atoms with Gasteiger partial charge in [0.05, 0.1) is 23.5 Å². The second-order valence-electron chi connectivity index (χ2n) is 8.03. The Balaban J connectivity index is 1.41. The molecule has 0 aliphatic carbocycles. The largest absolute Gasteiger partial charge is 0.383 e. The minimum Gasteiger partial charge on any atom is -0.383 e. The maximum Gasteiger partial charge on any atom is 0.223 e. The summed E-state index contributed by atoms with van der Waals surface area (Å²) in [7, 11) is 0. The monoisotopic (exact) mass is 427 g/mol. The van der Waals surface area contributed by atoms with E-state index < -0.39 is 6.04 Å². The number of rotatable bonds is 7. The second kappa shape index (κ2) is 8.87. The van der Waals surface area contributed by atoms with E-state index in [1.165, 1.54) is 35.1 Å². The molecule has 8 nitrogen and oxygen atoms in total. The zero-order valence-corrected chi connectivity index (χ0v) is 17.3. The van der Waals surface area contributed by atoms with Crippen LogP contribution < -0.4 is 5.73 Å². The lowest BCUT2D eigenvalue weighted by atomic mass is 10.0. The fourth-order valence-corrected chi connectivity index (χ4v) is 4.36. The second-order valence-corrected chi connectivity index (χ2v) is 8.03. The van der Waals surface area contributed by atoms with E-state index in [0.717, 1.165) is 19.4 Å². The van der Waals surface area contributed by atoms with E-state index in [2.05, 4.69) is 5.10 Å². The summed E-state index contributed by atoms with van der Waals surface area (Å²) < 4.78 is 14.6. The summed E-state index contributed by atoms with van der Waals surface area (Å²) in [4.78, 5) is 41.1. The highest BCUT2D eigenvalue weighted by Gasteiger charge is 2.36. The molecular weight excluding hydrogens is 401 g/mol. The van der Waals surface area contributed by atoms with Gasteiger partial charge in [-0.1, -0.05) is 0 Å². The van der Waals surface area contributed by atoms with Crippen LogP contribution in [0.25, 0.3) is 5.69 Å². The van der Waals surface area contributed by atoms with Gasteiger partial charge in [-0.25, -0.2) is 9.07 Å². The zero-order chi connectivity index (χ0) is 22.0. The Kier molecular flexibility index (Phi) is 6.01. The number of halogens is 1. The maximum atomic E-state index is 13.2. The molecule has 2 amide bonds. The first-order valence-electron chi connectivity index (χ1n) is 10.7. The predicted molar refractivity (Wildman–Crippen MR) is 112 cm³/mol. The smallest absolute Gasteiger partial charge is 0.223 e. The van der Waals surface area contributed by atoms with Crippen LogP contribution in [0.4, 0.5) is 10.2 Å². The molecule has 2 fully saturated rings. The average Bonchev–Trinajstić information content (AvgIpc) is 3.49. The number of likely N-dealkylation sites (tertiary alicyclic amines) is 2. The number of hydrogen-bond donors (Lipinski definition) is 1. The van der Waals surface area contributed by atoms with Crippen LogP contribution in [0.3, 0.4) is 0 Å². The molecule has 1 atom stereocenters. The lowest BCUT2D eigenvalue weighted by Crippen LogP contribution is -2.41. The van der Waals surface area contributed by atoms with Crippen LogP contribution in [-0.2, 0) is 9.59 Å². The Hall–Kier alpha value is -3.23. The number of Topliss-reactive ketones (excluding diaryl/α,β-unsaturated/α-hetero) is 1. The van der Waals surface area contributed by atoms with Crippen molar-refractivity contribution in [2.24, 2.45) is 0 Å². The number of carbonyl (C=O) groups is 3. The van der Waals surface area contributed by atoms with E-state index in [0.29, 0.717) is 44.5 Å². The Morgan fingerprint density at radius 2 is 1.94 bits per heavy atom. The number of benzene rings is 1. The average molecular weight is 427 g/mol. The number of hydrogen-bond acceptors (Lipinski definition) is 5. The van der Waals surface area contributed by atoms with Crippen LogP contribution in [0.2, 0.25) is 0 Å². The topological polar surface area (TPSA) is 102 Å². The van der Waals surface area contributed by atoms with Gasteiger partial charge in [-0.15, -0.1) is 0 Å². The normalized spacial score (nSPS) is 18.7. The molecule has 0 spiro atoms. The highest BCUT2D eigenvalue weighted by atomic mass is 19.1. The van der Waals surface area contributed by atoms with Gasteiger partial charge in [0.25, 0.3) is 0 Å². The standard InChI is InChI=1S/C22H26FN5O3/c23-15-7-9-16(10-8-15)28-22(24)17(14-25-28)21(31)18-4-1-13-27(18)20(30)6-3-12-26-11-2-5-19(26)29/h7-10,14,18H,1-6,11-13,24H2/t18-/m0/s1. The number of nitrogens with zero attached hydrogens (tertiary/aromatic N) is 4. The molecule has 0 bridgehead atoms. The molecule has 0 unspecified atom stereocenters. The van der Waals surface area contributed by atoms with Gasteiger partial charge >= 0.3 is 0 Å². The number of anilines is 1. The van der Waals surface area contributed by atoms with Crippen molar-refractivity contribution in [3.8, 4) is 5.69 Å². The first-order valence-corrected chi connectivity index (χ1v) is 10.7. The van der Waals surface area contributed by atoms with Gasteiger partial charge in [-0.05, 0) is 49.9 Å². The van der Waals surface area contributed by atoms with Crippen molar-refractivity contribution < 1.29 is 18.8 Å². The summed E-state index contributed by atoms with van der Waals surface area (Å²) in [5.41, 5.74) is 6.98. The molecule has 4 rings (SSSR count). The molecule has 1 aromatic heterocycles. The minimum atomic E-state index is -0.561. The van der Waals surface area contributed by atoms with E-state index in [4.69, 9.17) is 5.73 Å². The third-order valence-electron chi connectivity index (χ3n) is 6.01. The van der Waals surface area contributed by atoms with Gasteiger partial charge in [0.1, 0.15) is 11.6 Å². The van der Waals surface area contributed by atoms with Crippen molar-refractivity contribution >= 4 is 23.4 Å². The zero-order valence-electron chi connectivity index (χ0n) is 17.3. The Morgan fingerprint density at radius 1 is 1.16 bits per heavy atom. The summed E-state index contributed by atoms with van der Waals surface area (Å²) in [5, 5.41) is 4.19. The molecular formula is C22H26FN5O3. The van der Waals surface area contributed by atoms with Crippen LogP contribution in [0.5, 0.6) is 0 Å². The fourth-order valence-electron chi connectivity index (χ4n) is 4.36. The van der Waals surface area contributed by atoms with Crippen molar-refractivity contribution in [3.05, 3.63) is 41.8 Å². The van der Waals surface area contributed by atoms with E-state index in [-0.39, 0.29) is 34.8 Å². The van der Waals surface area contributed by atoms with Crippen LogP contribution in [0.1, 0.15) is 48.9 Å². The molecule has 1 aromatic carbocycles. The summed E-state index contributed by atoms with van der Waals surface area (Å²) in [5.74, 6) is -0.364. The number of amides is 2. The minimum absolute atomic E-state index is 0.0769. The molecule has 3 heterocycles. The van der Waals surface area contributed by atoms with Crippen molar-refractivity contribution in [3.63, 3.8) is 0 Å². The fraction of sp³-hybridized carbons (Fsp3) is 0.455. The van der Waals surface area contributed by atoms with Crippen molar-refractivity contribution in [2.75, 3.05) is 25.4 Å². The highest BCUT2D eigenvalue weighted by molar-refractivity contribution is 6.05. The number of aromatic nitrogens is 2. The summed E-state index contributed by atoms with van der Waals surface area (Å²) in [6.45, 7) is 1.87. The third kappa shape index (κ3) is 4.30. The van der Waals surface area contributed by atoms with Crippen molar-refractivity contribution in [1.82, 2.24) is 19.6 Å². The Morgan fingerprint density at radius 3 is 2.65 bits per heavy atom. The molecule has 2 aromatic rings. The van der Waals surface area contributed by atoms with E-state index in [1.807, 2.05) is 0 Å². The summed E-state index contributed by atoms with van der Waals surface area (Å²) in [6, 6.07) is 5.09. The van der Waals surface area contributed by atoms with Crippen molar-refractivity contribution in [2.45, 2.75) is 44.6 Å². The Labute approximate surface area is 179 Å². The van der Waals surface area contributed by atoms with E-state index in [1.54, 1.807) is 9.80 Å².